The molecule has 0 aromatic heterocycles. The van der Waals surface area contributed by atoms with Gasteiger partial charge in [0.05, 0.1) is 6.61 Å². The van der Waals surface area contributed by atoms with Crippen LogP contribution in [-0.4, -0.2) is 18.3 Å². The molecule has 0 bridgehead atoms. The van der Waals surface area contributed by atoms with E-state index in [1.807, 2.05) is 6.92 Å². The fourth-order valence-electron chi connectivity index (χ4n) is 2.05. The summed E-state index contributed by atoms with van der Waals surface area (Å²) in [5, 5.41) is 3.49. The zero-order valence-electron chi connectivity index (χ0n) is 11.5. The van der Waals surface area contributed by atoms with Gasteiger partial charge in [-0.1, -0.05) is 24.3 Å². The van der Waals surface area contributed by atoms with Crippen LogP contribution < -0.4 is 5.32 Å². The Labute approximate surface area is 121 Å². The highest BCUT2D eigenvalue weighted by atomic mass is 32.1. The van der Waals surface area contributed by atoms with E-state index in [4.69, 9.17) is 9.47 Å². The molecule has 19 heavy (non-hydrogen) atoms. The van der Waals surface area contributed by atoms with Crippen LogP contribution in [-0.2, 0) is 22.6 Å². The van der Waals surface area contributed by atoms with Gasteiger partial charge < -0.3 is 14.8 Å². The molecule has 0 radical (unpaired) electrons. The minimum atomic E-state index is -0.0138. The van der Waals surface area contributed by atoms with Gasteiger partial charge in [-0.15, -0.1) is 0 Å². The van der Waals surface area contributed by atoms with Crippen LogP contribution in [0.15, 0.2) is 24.3 Å². The van der Waals surface area contributed by atoms with Crippen molar-refractivity contribution < 1.29 is 9.47 Å². The molecule has 1 aromatic rings. The Morgan fingerprint density at radius 2 is 2.05 bits per heavy atom. The standard InChI is InChI=1S/C15H23NO2S/c1-12(19)16-10-13-5-7-14(8-6-13)11-18-15-4-2-3-9-17-15/h5-8,12,15-16,19H,2-4,9-11H2,1H3. The molecule has 2 atom stereocenters. The van der Waals surface area contributed by atoms with Gasteiger partial charge in [-0.2, -0.15) is 12.6 Å². The van der Waals surface area contributed by atoms with E-state index in [9.17, 15) is 0 Å². The third kappa shape index (κ3) is 5.53. The molecule has 1 fully saturated rings. The highest BCUT2D eigenvalue weighted by Crippen LogP contribution is 2.16. The summed E-state index contributed by atoms with van der Waals surface area (Å²) >= 11 is 4.30. The Morgan fingerprint density at radius 1 is 1.32 bits per heavy atom. The van der Waals surface area contributed by atoms with Gasteiger partial charge in [0.25, 0.3) is 0 Å². The Hall–Kier alpha value is -0.550. The lowest BCUT2D eigenvalue weighted by molar-refractivity contribution is -0.168. The van der Waals surface area contributed by atoms with Gasteiger partial charge >= 0.3 is 0 Å². The predicted molar refractivity (Wildman–Crippen MR) is 80.1 cm³/mol. The van der Waals surface area contributed by atoms with Crippen molar-refractivity contribution in [2.45, 2.75) is 51.0 Å². The quantitative estimate of drug-likeness (QED) is 0.620. The Bertz CT molecular complexity index is 361. The molecule has 106 valence electrons. The summed E-state index contributed by atoms with van der Waals surface area (Å²) in [6.45, 7) is 4.32. The first-order valence-electron chi connectivity index (χ1n) is 6.96. The summed E-state index contributed by atoms with van der Waals surface area (Å²) in [5.74, 6) is 0. The fourth-order valence-corrected chi connectivity index (χ4v) is 2.14. The summed E-state index contributed by atoms with van der Waals surface area (Å²) in [6, 6.07) is 8.49. The van der Waals surface area contributed by atoms with Crippen molar-refractivity contribution in [2.75, 3.05) is 6.61 Å². The van der Waals surface area contributed by atoms with Crippen molar-refractivity contribution in [1.29, 1.82) is 0 Å². The van der Waals surface area contributed by atoms with Crippen molar-refractivity contribution >= 4 is 12.6 Å². The fraction of sp³-hybridized carbons (Fsp3) is 0.600. The van der Waals surface area contributed by atoms with Crippen LogP contribution in [0.1, 0.15) is 37.3 Å². The first kappa shape index (κ1) is 14.9. The maximum atomic E-state index is 5.76. The van der Waals surface area contributed by atoms with Crippen LogP contribution in [0, 0.1) is 0 Å². The molecule has 2 unspecified atom stereocenters. The first-order valence-corrected chi connectivity index (χ1v) is 7.48. The van der Waals surface area contributed by atoms with E-state index >= 15 is 0 Å². The molecule has 1 heterocycles. The largest absolute Gasteiger partial charge is 0.353 e. The third-order valence-corrected chi connectivity index (χ3v) is 3.38. The predicted octanol–water partition coefficient (Wildman–Crippen LogP) is 3.10. The molecule has 0 saturated carbocycles. The zero-order chi connectivity index (χ0) is 13.5. The van der Waals surface area contributed by atoms with E-state index in [1.165, 1.54) is 17.5 Å². The van der Waals surface area contributed by atoms with Crippen LogP contribution in [0.2, 0.25) is 0 Å². The number of hydrogen-bond acceptors (Lipinski definition) is 4. The van der Waals surface area contributed by atoms with Crippen molar-refractivity contribution in [3.05, 3.63) is 35.4 Å². The lowest BCUT2D eigenvalue weighted by Crippen LogP contribution is -2.22. The highest BCUT2D eigenvalue weighted by Gasteiger charge is 2.13. The molecule has 2 rings (SSSR count). The molecule has 0 aliphatic carbocycles. The van der Waals surface area contributed by atoms with Gasteiger partial charge in [0, 0.05) is 18.5 Å². The van der Waals surface area contributed by atoms with Crippen molar-refractivity contribution in [3.63, 3.8) is 0 Å². The van der Waals surface area contributed by atoms with Crippen LogP contribution in [0.3, 0.4) is 0 Å². The number of rotatable bonds is 6. The third-order valence-electron chi connectivity index (χ3n) is 3.20. The molecule has 0 amide bonds. The topological polar surface area (TPSA) is 30.5 Å². The lowest BCUT2D eigenvalue weighted by Gasteiger charge is -2.22. The summed E-state index contributed by atoms with van der Waals surface area (Å²) < 4.78 is 11.3. The Morgan fingerprint density at radius 3 is 2.68 bits per heavy atom. The van der Waals surface area contributed by atoms with E-state index in [0.29, 0.717) is 6.61 Å². The minimum absolute atomic E-state index is 0.0138. The average Bonchev–Trinajstić information content (AvgIpc) is 2.45. The summed E-state index contributed by atoms with van der Waals surface area (Å²) in [7, 11) is 0. The van der Waals surface area contributed by atoms with Crippen LogP contribution in [0.25, 0.3) is 0 Å². The van der Waals surface area contributed by atoms with Gasteiger partial charge in [-0.25, -0.2) is 0 Å². The van der Waals surface area contributed by atoms with Gasteiger partial charge in [-0.3, -0.25) is 0 Å². The first-order chi connectivity index (χ1) is 9.24. The minimum Gasteiger partial charge on any atom is -0.353 e. The van der Waals surface area contributed by atoms with Crippen LogP contribution >= 0.6 is 12.6 Å². The maximum absolute atomic E-state index is 5.76. The van der Waals surface area contributed by atoms with Gasteiger partial charge in [0.15, 0.2) is 6.29 Å². The second-order valence-corrected chi connectivity index (χ2v) is 5.76. The second kappa shape index (κ2) is 7.90. The second-order valence-electron chi connectivity index (χ2n) is 4.98. The van der Waals surface area contributed by atoms with Crippen molar-refractivity contribution in [2.24, 2.45) is 0 Å². The molecule has 0 spiro atoms. The molecular formula is C15H23NO2S. The lowest BCUT2D eigenvalue weighted by atomic mass is 10.1. The summed E-state index contributed by atoms with van der Waals surface area (Å²) in [4.78, 5) is 0. The van der Waals surface area contributed by atoms with Crippen LogP contribution in [0.5, 0.6) is 0 Å². The van der Waals surface area contributed by atoms with Crippen molar-refractivity contribution in [3.8, 4) is 0 Å². The number of thiol groups is 1. The van der Waals surface area contributed by atoms with E-state index in [0.717, 1.165) is 26.0 Å². The normalized spacial score (nSPS) is 21.3. The van der Waals surface area contributed by atoms with Gasteiger partial charge in [-0.05, 0) is 37.3 Å². The number of benzene rings is 1. The SMILES string of the molecule is CC(S)NCc1ccc(COC2CCCCO2)cc1. The van der Waals surface area contributed by atoms with Gasteiger partial charge in [0.2, 0.25) is 0 Å². The molecule has 1 aliphatic rings. The van der Waals surface area contributed by atoms with Gasteiger partial charge in [0.1, 0.15) is 0 Å². The van der Waals surface area contributed by atoms with E-state index in [1.54, 1.807) is 0 Å². The molecule has 1 saturated heterocycles. The van der Waals surface area contributed by atoms with E-state index in [-0.39, 0.29) is 11.7 Å². The number of nitrogens with one attached hydrogen (secondary N) is 1. The summed E-state index contributed by atoms with van der Waals surface area (Å²) in [6.07, 6.45) is 3.37. The average molecular weight is 281 g/mol. The molecular weight excluding hydrogens is 258 g/mol. The maximum Gasteiger partial charge on any atom is 0.158 e. The molecule has 4 heteroatoms. The zero-order valence-corrected chi connectivity index (χ0v) is 12.4. The molecule has 1 aliphatic heterocycles. The molecule has 1 aromatic carbocycles. The number of ether oxygens (including phenoxy) is 2. The smallest absolute Gasteiger partial charge is 0.158 e. The van der Waals surface area contributed by atoms with E-state index in [2.05, 4.69) is 42.2 Å². The van der Waals surface area contributed by atoms with Crippen LogP contribution in [0.4, 0.5) is 0 Å². The monoisotopic (exact) mass is 281 g/mol. The molecule has 1 N–H and O–H groups in total. The highest BCUT2D eigenvalue weighted by molar-refractivity contribution is 7.80. The Balaban J connectivity index is 1.74. The van der Waals surface area contributed by atoms with E-state index < -0.39 is 0 Å². The summed E-state index contributed by atoms with van der Waals surface area (Å²) in [5.41, 5.74) is 2.45. The Kier molecular flexibility index (Phi) is 6.17. The van der Waals surface area contributed by atoms with Crippen molar-refractivity contribution in [1.82, 2.24) is 5.32 Å². The number of hydrogen-bond donors (Lipinski definition) is 2. The molecule has 3 nitrogen and oxygen atoms in total.